The number of aryl methyl sites for hydroxylation is 2. The van der Waals surface area contributed by atoms with Gasteiger partial charge in [-0.3, -0.25) is 19.7 Å². The van der Waals surface area contributed by atoms with Gasteiger partial charge in [-0.25, -0.2) is 0 Å². The molecule has 0 fully saturated rings. The molecule has 0 radical (unpaired) electrons. The number of nitro benzene ring substituents is 1. The number of aromatic nitrogens is 1. The van der Waals surface area contributed by atoms with Crippen LogP contribution in [0.25, 0.3) is 21.8 Å². The first-order valence-electron chi connectivity index (χ1n) is 11.7. The summed E-state index contributed by atoms with van der Waals surface area (Å²) in [5, 5.41) is 15.9. The maximum Gasteiger partial charge on any atom is 0.275 e. The Morgan fingerprint density at radius 2 is 1.71 bits per heavy atom. The van der Waals surface area contributed by atoms with E-state index in [0.29, 0.717) is 32.6 Å². The third-order valence-corrected chi connectivity index (χ3v) is 6.60. The fourth-order valence-electron chi connectivity index (χ4n) is 4.39. The molecule has 0 spiro atoms. The van der Waals surface area contributed by atoms with Crippen LogP contribution in [0.4, 0.5) is 11.4 Å². The molecule has 5 rings (SSSR count). The number of non-ortho nitro benzene ring substituents is 1. The summed E-state index contributed by atoms with van der Waals surface area (Å²) in [6.07, 6.45) is 0. The van der Waals surface area contributed by atoms with Crippen molar-refractivity contribution in [3.05, 3.63) is 115 Å². The van der Waals surface area contributed by atoms with Crippen LogP contribution in [-0.2, 0) is 11.3 Å². The van der Waals surface area contributed by atoms with Gasteiger partial charge >= 0.3 is 0 Å². The third kappa shape index (κ3) is 4.94. The molecule has 0 bridgehead atoms. The number of hydrogen-bond donors (Lipinski definition) is 1. The minimum atomic E-state index is -0.555. The van der Waals surface area contributed by atoms with Crippen LogP contribution in [0.15, 0.2) is 83.7 Å². The average Bonchev–Trinajstić information content (AvgIpc) is 2.88. The van der Waals surface area contributed by atoms with E-state index in [4.69, 9.17) is 16.3 Å². The van der Waals surface area contributed by atoms with Crippen molar-refractivity contribution in [3.8, 4) is 11.5 Å². The first kappa shape index (κ1) is 25.0. The maximum atomic E-state index is 13.2. The summed E-state index contributed by atoms with van der Waals surface area (Å²) in [7, 11) is 0. The predicted molar refractivity (Wildman–Crippen MR) is 148 cm³/mol. The van der Waals surface area contributed by atoms with Crippen LogP contribution in [-0.4, -0.2) is 15.4 Å². The number of hydrogen-bond acceptors (Lipinski definition) is 5. The number of fused-ring (bicyclic) bond motifs is 2. The number of nitrogens with one attached hydrogen (secondary N) is 1. The van der Waals surface area contributed by atoms with Crippen molar-refractivity contribution in [2.24, 2.45) is 0 Å². The van der Waals surface area contributed by atoms with Gasteiger partial charge in [0.2, 0.25) is 5.91 Å². The lowest BCUT2D eigenvalue weighted by Crippen LogP contribution is -2.21. The predicted octanol–water partition coefficient (Wildman–Crippen LogP) is 6.76. The van der Waals surface area contributed by atoms with E-state index in [9.17, 15) is 19.7 Å². The topological polar surface area (TPSA) is 103 Å². The van der Waals surface area contributed by atoms with Crippen LogP contribution in [0.1, 0.15) is 11.1 Å². The van der Waals surface area contributed by atoms with Gasteiger partial charge < -0.3 is 14.6 Å². The summed E-state index contributed by atoms with van der Waals surface area (Å²) in [5.41, 5.74) is 2.82. The molecule has 0 aliphatic rings. The molecule has 8 nitrogen and oxygen atoms in total. The number of benzene rings is 4. The molecule has 190 valence electrons. The number of anilines is 1. The van der Waals surface area contributed by atoms with Gasteiger partial charge in [0, 0.05) is 27.9 Å². The van der Waals surface area contributed by atoms with Gasteiger partial charge in [0.15, 0.2) is 5.43 Å². The number of rotatable bonds is 6. The van der Waals surface area contributed by atoms with Crippen molar-refractivity contribution in [1.82, 2.24) is 4.57 Å². The largest absolute Gasteiger partial charge is 0.457 e. The molecular formula is C29H22ClN3O5. The number of carbonyl (C=O) groups excluding carboxylic acids is 1. The van der Waals surface area contributed by atoms with E-state index in [1.54, 1.807) is 53.1 Å². The highest BCUT2D eigenvalue weighted by molar-refractivity contribution is 6.31. The average molecular weight is 528 g/mol. The van der Waals surface area contributed by atoms with Crippen molar-refractivity contribution in [2.75, 3.05) is 5.32 Å². The number of amides is 1. The second-order valence-electron chi connectivity index (χ2n) is 8.99. The molecule has 5 aromatic rings. The number of carbonyl (C=O) groups is 1. The zero-order valence-corrected chi connectivity index (χ0v) is 21.3. The van der Waals surface area contributed by atoms with Gasteiger partial charge in [-0.05, 0) is 61.9 Å². The molecule has 4 aromatic carbocycles. The van der Waals surface area contributed by atoms with E-state index in [-0.39, 0.29) is 29.1 Å². The third-order valence-electron chi connectivity index (χ3n) is 6.18. The number of nitro groups is 1. The van der Waals surface area contributed by atoms with Crippen LogP contribution in [0, 0.1) is 24.0 Å². The number of pyridine rings is 1. The summed E-state index contributed by atoms with van der Waals surface area (Å²) < 4.78 is 7.60. The van der Waals surface area contributed by atoms with E-state index >= 15 is 0 Å². The molecule has 0 atom stereocenters. The number of ether oxygens (including phenoxy) is 1. The lowest BCUT2D eigenvalue weighted by atomic mass is 10.1. The Morgan fingerprint density at radius 3 is 2.47 bits per heavy atom. The highest BCUT2D eigenvalue weighted by atomic mass is 35.5. The molecule has 0 saturated heterocycles. The van der Waals surface area contributed by atoms with Gasteiger partial charge in [-0.2, -0.15) is 0 Å². The molecule has 1 N–H and O–H groups in total. The Kier molecular flexibility index (Phi) is 6.57. The minimum absolute atomic E-state index is 0.103. The Bertz CT molecular complexity index is 1810. The number of para-hydroxylation sites is 1. The molecule has 9 heteroatoms. The lowest BCUT2D eigenvalue weighted by molar-refractivity contribution is -0.384. The summed E-state index contributed by atoms with van der Waals surface area (Å²) >= 11 is 6.08. The van der Waals surface area contributed by atoms with Gasteiger partial charge in [-0.1, -0.05) is 35.4 Å². The molecule has 0 aliphatic carbocycles. The van der Waals surface area contributed by atoms with Gasteiger partial charge in [0.05, 0.1) is 27.7 Å². The second-order valence-corrected chi connectivity index (χ2v) is 9.39. The van der Waals surface area contributed by atoms with E-state index < -0.39 is 10.8 Å². The van der Waals surface area contributed by atoms with Crippen molar-refractivity contribution < 1.29 is 14.5 Å². The molecule has 38 heavy (non-hydrogen) atoms. The number of halogens is 1. The Hall–Kier alpha value is -4.69. The van der Waals surface area contributed by atoms with Crippen LogP contribution in [0.3, 0.4) is 0 Å². The summed E-state index contributed by atoms with van der Waals surface area (Å²) in [6, 6.07) is 21.7. The van der Waals surface area contributed by atoms with Crippen LogP contribution in [0.2, 0.25) is 5.02 Å². The summed E-state index contributed by atoms with van der Waals surface area (Å²) in [4.78, 5) is 37.3. The zero-order valence-electron chi connectivity index (χ0n) is 20.5. The molecule has 0 aliphatic heterocycles. The molecular weight excluding hydrogens is 506 g/mol. The summed E-state index contributed by atoms with van der Waals surface area (Å²) in [5.74, 6) is 0.214. The SMILES string of the molecule is Cc1ccc2c(c1)c(=O)c1ccccc1n2CC(=O)Nc1cc(Oc2ccc(Cl)c(C)c2)cc([N+](=O)[O-])c1. The Morgan fingerprint density at radius 1 is 0.947 bits per heavy atom. The lowest BCUT2D eigenvalue weighted by Gasteiger charge is -2.16. The van der Waals surface area contributed by atoms with Crippen LogP contribution in [0.5, 0.6) is 11.5 Å². The fourth-order valence-corrected chi connectivity index (χ4v) is 4.51. The van der Waals surface area contributed by atoms with Crippen LogP contribution < -0.4 is 15.5 Å². The smallest absolute Gasteiger partial charge is 0.275 e. The molecule has 1 aromatic heterocycles. The first-order chi connectivity index (χ1) is 18.2. The van der Waals surface area contributed by atoms with E-state index in [0.717, 1.165) is 11.1 Å². The number of nitrogens with zero attached hydrogens (tertiary/aromatic N) is 2. The van der Waals surface area contributed by atoms with Gasteiger partial charge in [-0.15, -0.1) is 0 Å². The normalized spacial score (nSPS) is 11.0. The monoisotopic (exact) mass is 527 g/mol. The van der Waals surface area contributed by atoms with Crippen molar-refractivity contribution >= 4 is 50.7 Å². The maximum absolute atomic E-state index is 13.2. The van der Waals surface area contributed by atoms with Gasteiger partial charge in [0.25, 0.3) is 5.69 Å². The minimum Gasteiger partial charge on any atom is -0.457 e. The summed E-state index contributed by atoms with van der Waals surface area (Å²) in [6.45, 7) is 3.61. The van der Waals surface area contributed by atoms with Crippen LogP contribution >= 0.6 is 11.6 Å². The highest BCUT2D eigenvalue weighted by Crippen LogP contribution is 2.31. The molecule has 0 saturated carbocycles. The van der Waals surface area contributed by atoms with E-state index in [2.05, 4.69) is 5.32 Å². The Balaban J connectivity index is 1.49. The standard InChI is InChI=1S/C29H22ClN3O5/c1-17-7-10-27-24(11-17)29(35)23-5-3-4-6-26(23)32(27)16-28(34)31-19-13-20(33(36)37)15-22(14-19)38-21-8-9-25(30)18(2)12-21/h3-15H,16H2,1-2H3,(H,31,34). The zero-order chi connectivity index (χ0) is 27.0. The Labute approximate surface area is 222 Å². The highest BCUT2D eigenvalue weighted by Gasteiger charge is 2.16. The molecule has 1 amide bonds. The second kappa shape index (κ2) is 9.99. The van der Waals surface area contributed by atoms with E-state index in [1.165, 1.54) is 18.2 Å². The van der Waals surface area contributed by atoms with Gasteiger partial charge in [0.1, 0.15) is 18.0 Å². The van der Waals surface area contributed by atoms with E-state index in [1.807, 2.05) is 26.0 Å². The first-order valence-corrected chi connectivity index (χ1v) is 12.1. The van der Waals surface area contributed by atoms with Crippen molar-refractivity contribution in [2.45, 2.75) is 20.4 Å². The fraction of sp³-hybridized carbons (Fsp3) is 0.103. The van der Waals surface area contributed by atoms with Crippen molar-refractivity contribution in [3.63, 3.8) is 0 Å². The quantitative estimate of drug-likeness (QED) is 0.149. The van der Waals surface area contributed by atoms with Crippen molar-refractivity contribution in [1.29, 1.82) is 0 Å². The molecule has 0 unspecified atom stereocenters. The molecule has 1 heterocycles.